The van der Waals surface area contributed by atoms with Crippen LogP contribution in [0.2, 0.25) is 0 Å². The number of carbonyl (C=O) groups excluding carboxylic acids is 1. The molecule has 3 heteroatoms. The summed E-state index contributed by atoms with van der Waals surface area (Å²) in [6.07, 6.45) is 23.0. The van der Waals surface area contributed by atoms with Crippen LogP contribution in [0.15, 0.2) is 36.4 Å². The Morgan fingerprint density at radius 1 is 0.786 bits per heavy atom. The zero-order chi connectivity index (χ0) is 20.3. The molecule has 0 atom stereocenters. The second kappa shape index (κ2) is 17.3. The summed E-state index contributed by atoms with van der Waals surface area (Å²) in [5.41, 5.74) is 7.00. The topological polar surface area (TPSA) is 55.1 Å². The number of unbranched alkanes of at least 4 members (excludes halogenated alkanes) is 12. The van der Waals surface area contributed by atoms with Gasteiger partial charge in [-0.2, -0.15) is 0 Å². The van der Waals surface area contributed by atoms with Crippen LogP contribution < -0.4 is 11.1 Å². The second-order valence-corrected chi connectivity index (χ2v) is 7.82. The van der Waals surface area contributed by atoms with Crippen LogP contribution in [0.4, 0.5) is 5.69 Å². The number of benzene rings is 1. The Morgan fingerprint density at radius 2 is 1.29 bits per heavy atom. The molecule has 28 heavy (non-hydrogen) atoms. The Balaban J connectivity index is 1.83. The Morgan fingerprint density at radius 3 is 1.86 bits per heavy atom. The van der Waals surface area contributed by atoms with Crippen molar-refractivity contribution in [2.24, 2.45) is 0 Å². The summed E-state index contributed by atoms with van der Waals surface area (Å²) in [6, 6.07) is 7.07. The van der Waals surface area contributed by atoms with Gasteiger partial charge >= 0.3 is 0 Å². The van der Waals surface area contributed by atoms with Crippen LogP contribution in [0.1, 0.15) is 107 Å². The van der Waals surface area contributed by atoms with E-state index in [1.165, 1.54) is 83.5 Å². The molecular weight excluding hydrogens is 344 g/mol. The van der Waals surface area contributed by atoms with Crippen LogP contribution in [-0.2, 0) is 0 Å². The highest BCUT2D eigenvalue weighted by Gasteiger charge is 2.03. The Kier molecular flexibility index (Phi) is 15.0. The monoisotopic (exact) mass is 386 g/mol. The number of hydrogen-bond acceptors (Lipinski definition) is 2. The molecule has 0 aromatic heterocycles. The smallest absolute Gasteiger partial charge is 0.251 e. The Hall–Kier alpha value is -1.77. The average molecular weight is 387 g/mol. The number of nitrogens with two attached hydrogens (primary N) is 1. The van der Waals surface area contributed by atoms with Gasteiger partial charge in [-0.1, -0.05) is 76.9 Å². The van der Waals surface area contributed by atoms with E-state index in [1.807, 2.05) is 0 Å². The van der Waals surface area contributed by atoms with Crippen molar-refractivity contribution in [2.75, 3.05) is 12.3 Å². The quantitative estimate of drug-likeness (QED) is 0.171. The summed E-state index contributed by atoms with van der Waals surface area (Å²) in [4.78, 5) is 12.0. The molecule has 1 amide bonds. The van der Waals surface area contributed by atoms with Crippen LogP contribution in [0.3, 0.4) is 0 Å². The number of allylic oxidation sites excluding steroid dienone is 2. The van der Waals surface area contributed by atoms with Crippen molar-refractivity contribution < 1.29 is 4.79 Å². The number of rotatable bonds is 17. The third kappa shape index (κ3) is 13.4. The molecule has 0 aliphatic carbocycles. The summed E-state index contributed by atoms with van der Waals surface area (Å²) in [6.45, 7) is 3.02. The van der Waals surface area contributed by atoms with Gasteiger partial charge in [0.15, 0.2) is 0 Å². The van der Waals surface area contributed by atoms with Gasteiger partial charge in [-0.05, 0) is 56.4 Å². The van der Waals surface area contributed by atoms with Crippen LogP contribution in [-0.4, -0.2) is 12.5 Å². The van der Waals surface area contributed by atoms with E-state index in [0.717, 1.165) is 13.0 Å². The third-order valence-corrected chi connectivity index (χ3v) is 5.15. The molecule has 0 saturated carbocycles. The molecule has 0 fully saturated rings. The number of anilines is 1. The maximum absolute atomic E-state index is 12.0. The highest BCUT2D eigenvalue weighted by atomic mass is 16.1. The molecule has 0 bridgehead atoms. The molecule has 0 aliphatic rings. The van der Waals surface area contributed by atoms with E-state index < -0.39 is 0 Å². The van der Waals surface area contributed by atoms with Gasteiger partial charge in [0.1, 0.15) is 0 Å². The first-order valence-electron chi connectivity index (χ1n) is 11.5. The van der Waals surface area contributed by atoms with Crippen LogP contribution in [0, 0.1) is 0 Å². The molecule has 0 saturated heterocycles. The molecule has 0 radical (unpaired) electrons. The van der Waals surface area contributed by atoms with Crippen LogP contribution in [0.25, 0.3) is 0 Å². The fourth-order valence-electron chi connectivity index (χ4n) is 3.31. The van der Waals surface area contributed by atoms with E-state index in [9.17, 15) is 4.79 Å². The summed E-state index contributed by atoms with van der Waals surface area (Å²) >= 11 is 0. The minimum absolute atomic E-state index is 0.00672. The van der Waals surface area contributed by atoms with Crippen molar-refractivity contribution in [3.63, 3.8) is 0 Å². The van der Waals surface area contributed by atoms with Crippen molar-refractivity contribution in [2.45, 2.75) is 96.8 Å². The van der Waals surface area contributed by atoms with Gasteiger partial charge in [-0.3, -0.25) is 4.79 Å². The fourth-order valence-corrected chi connectivity index (χ4v) is 3.31. The normalized spacial score (nSPS) is 11.2. The van der Waals surface area contributed by atoms with E-state index in [4.69, 9.17) is 5.73 Å². The van der Waals surface area contributed by atoms with E-state index >= 15 is 0 Å². The van der Waals surface area contributed by atoms with Crippen molar-refractivity contribution in [1.29, 1.82) is 0 Å². The highest BCUT2D eigenvalue weighted by Crippen LogP contribution is 2.10. The average Bonchev–Trinajstić information content (AvgIpc) is 2.70. The van der Waals surface area contributed by atoms with Crippen molar-refractivity contribution >= 4 is 11.6 Å². The molecule has 1 rings (SSSR count). The molecule has 0 aliphatic heterocycles. The summed E-state index contributed by atoms with van der Waals surface area (Å²) in [7, 11) is 0. The Bertz CT molecular complexity index is 522. The molecule has 3 N–H and O–H groups in total. The van der Waals surface area contributed by atoms with Gasteiger partial charge in [0.05, 0.1) is 0 Å². The van der Waals surface area contributed by atoms with Crippen molar-refractivity contribution in [1.82, 2.24) is 5.32 Å². The standard InChI is InChI=1S/C25H42N2O/c1-2-3-4-5-6-7-8-9-10-11-12-13-14-15-16-17-22-27-25(28)23-18-20-24(26)21-19-23/h9-10,18-21H,2-8,11-17,22,26H2,1H3,(H,27,28)/b10-9+. The molecule has 1 aromatic carbocycles. The molecule has 0 heterocycles. The zero-order valence-electron chi connectivity index (χ0n) is 18.1. The lowest BCUT2D eigenvalue weighted by molar-refractivity contribution is 0.0953. The Labute approximate surface area is 173 Å². The fraction of sp³-hybridized carbons (Fsp3) is 0.640. The van der Waals surface area contributed by atoms with E-state index in [2.05, 4.69) is 24.4 Å². The van der Waals surface area contributed by atoms with E-state index in [1.54, 1.807) is 24.3 Å². The van der Waals surface area contributed by atoms with Gasteiger partial charge in [-0.25, -0.2) is 0 Å². The lowest BCUT2D eigenvalue weighted by atomic mass is 10.1. The van der Waals surface area contributed by atoms with E-state index in [0.29, 0.717) is 11.3 Å². The predicted molar refractivity (Wildman–Crippen MR) is 123 cm³/mol. The number of amides is 1. The molecule has 3 nitrogen and oxygen atoms in total. The van der Waals surface area contributed by atoms with Crippen molar-refractivity contribution in [3.05, 3.63) is 42.0 Å². The molecule has 158 valence electrons. The summed E-state index contributed by atoms with van der Waals surface area (Å²) in [5.74, 6) is -0.00672. The maximum Gasteiger partial charge on any atom is 0.251 e. The third-order valence-electron chi connectivity index (χ3n) is 5.15. The van der Waals surface area contributed by atoms with Gasteiger partial charge in [-0.15, -0.1) is 0 Å². The minimum atomic E-state index is -0.00672. The SMILES string of the molecule is CCCCCCCC/C=C/CCCCCCCCNC(=O)c1ccc(N)cc1. The summed E-state index contributed by atoms with van der Waals surface area (Å²) < 4.78 is 0. The lowest BCUT2D eigenvalue weighted by Crippen LogP contribution is -2.24. The number of nitrogens with one attached hydrogen (secondary N) is 1. The molecule has 0 unspecified atom stereocenters. The predicted octanol–water partition coefficient (Wildman–Crippen LogP) is 7.04. The first-order valence-corrected chi connectivity index (χ1v) is 11.5. The van der Waals surface area contributed by atoms with E-state index in [-0.39, 0.29) is 5.91 Å². The largest absolute Gasteiger partial charge is 0.399 e. The second-order valence-electron chi connectivity index (χ2n) is 7.82. The van der Waals surface area contributed by atoms with Crippen LogP contribution in [0.5, 0.6) is 0 Å². The molecule has 1 aromatic rings. The first-order chi connectivity index (χ1) is 13.7. The van der Waals surface area contributed by atoms with Crippen LogP contribution >= 0.6 is 0 Å². The van der Waals surface area contributed by atoms with Gasteiger partial charge < -0.3 is 11.1 Å². The zero-order valence-corrected chi connectivity index (χ0v) is 18.1. The van der Waals surface area contributed by atoms with Crippen molar-refractivity contribution in [3.8, 4) is 0 Å². The number of nitrogen functional groups attached to an aromatic ring is 1. The number of carbonyl (C=O) groups is 1. The lowest BCUT2D eigenvalue weighted by Gasteiger charge is -2.05. The number of hydrogen-bond donors (Lipinski definition) is 2. The first kappa shape index (κ1) is 24.3. The minimum Gasteiger partial charge on any atom is -0.399 e. The molecule has 0 spiro atoms. The molecular formula is C25H42N2O. The maximum atomic E-state index is 12.0. The van der Waals surface area contributed by atoms with Gasteiger partial charge in [0.2, 0.25) is 0 Å². The van der Waals surface area contributed by atoms with Gasteiger partial charge in [0.25, 0.3) is 5.91 Å². The van der Waals surface area contributed by atoms with Gasteiger partial charge in [0, 0.05) is 17.8 Å². The summed E-state index contributed by atoms with van der Waals surface area (Å²) in [5, 5.41) is 2.98. The highest BCUT2D eigenvalue weighted by molar-refractivity contribution is 5.94.